The number of hydrogen-bond donors (Lipinski definition) is 1. The summed E-state index contributed by atoms with van der Waals surface area (Å²) < 4.78 is 5.78. The summed E-state index contributed by atoms with van der Waals surface area (Å²) in [5.74, 6) is 0. The van der Waals surface area contributed by atoms with Crippen LogP contribution in [0.25, 0.3) is 0 Å². The van der Waals surface area contributed by atoms with E-state index in [1.807, 2.05) is 0 Å². The number of nitrogens with zero attached hydrogens (tertiary/aromatic N) is 1. The van der Waals surface area contributed by atoms with Gasteiger partial charge in [0.25, 0.3) is 0 Å². The van der Waals surface area contributed by atoms with Gasteiger partial charge < -0.3 is 15.0 Å². The maximum atomic E-state index is 5.78. The first-order valence-electron chi connectivity index (χ1n) is 8.11. The second kappa shape index (κ2) is 6.80. The lowest BCUT2D eigenvalue weighted by molar-refractivity contribution is 0.0299. The van der Waals surface area contributed by atoms with E-state index in [0.29, 0.717) is 12.1 Å². The van der Waals surface area contributed by atoms with Gasteiger partial charge in [0.05, 0.1) is 18.8 Å². The summed E-state index contributed by atoms with van der Waals surface area (Å²) in [7, 11) is 0. The Morgan fingerprint density at radius 3 is 2.48 bits per heavy atom. The molecule has 0 aliphatic carbocycles. The number of anilines is 1. The summed E-state index contributed by atoms with van der Waals surface area (Å²) >= 11 is 0. The van der Waals surface area contributed by atoms with Crippen LogP contribution >= 0.6 is 0 Å². The minimum absolute atomic E-state index is 0.158. The van der Waals surface area contributed by atoms with E-state index in [-0.39, 0.29) is 5.54 Å². The molecule has 0 bridgehead atoms. The molecule has 1 heterocycles. The van der Waals surface area contributed by atoms with Crippen molar-refractivity contribution in [2.75, 3.05) is 18.1 Å². The molecule has 0 aromatic heterocycles. The second-order valence-electron chi connectivity index (χ2n) is 7.13. The zero-order chi connectivity index (χ0) is 15.5. The Bertz CT molecular complexity index is 436. The summed E-state index contributed by atoms with van der Waals surface area (Å²) in [5.41, 5.74) is 2.81. The minimum Gasteiger partial charge on any atom is -0.375 e. The molecule has 0 amide bonds. The Kier molecular flexibility index (Phi) is 5.28. The highest BCUT2D eigenvalue weighted by atomic mass is 16.5. The lowest BCUT2D eigenvalue weighted by Gasteiger charge is -2.40. The molecule has 2 unspecified atom stereocenters. The number of ether oxygens (including phenoxy) is 1. The van der Waals surface area contributed by atoms with Gasteiger partial charge in [-0.15, -0.1) is 0 Å². The molecule has 2 atom stereocenters. The molecule has 3 nitrogen and oxygen atoms in total. The van der Waals surface area contributed by atoms with Crippen LogP contribution in [-0.4, -0.2) is 30.8 Å². The molecule has 1 aliphatic heterocycles. The number of nitrogens with one attached hydrogen (secondary N) is 1. The third-order valence-corrected chi connectivity index (χ3v) is 4.03. The molecule has 118 valence electrons. The summed E-state index contributed by atoms with van der Waals surface area (Å²) in [5, 5.41) is 3.53. The van der Waals surface area contributed by atoms with Crippen molar-refractivity contribution in [1.82, 2.24) is 5.32 Å². The summed E-state index contributed by atoms with van der Waals surface area (Å²) in [4.78, 5) is 2.50. The van der Waals surface area contributed by atoms with Gasteiger partial charge >= 0.3 is 0 Å². The first-order chi connectivity index (χ1) is 9.89. The van der Waals surface area contributed by atoms with Crippen LogP contribution in [0.15, 0.2) is 24.3 Å². The monoisotopic (exact) mass is 290 g/mol. The van der Waals surface area contributed by atoms with Gasteiger partial charge in [-0.3, -0.25) is 0 Å². The van der Waals surface area contributed by atoms with Gasteiger partial charge in [0.15, 0.2) is 0 Å². The third kappa shape index (κ3) is 4.72. The number of rotatable bonds is 4. The molecule has 3 heteroatoms. The van der Waals surface area contributed by atoms with Crippen LogP contribution in [0.3, 0.4) is 0 Å². The van der Waals surface area contributed by atoms with E-state index in [2.05, 4.69) is 69.1 Å². The lowest BCUT2D eigenvalue weighted by atomic mass is 10.1. The van der Waals surface area contributed by atoms with Gasteiger partial charge in [-0.2, -0.15) is 0 Å². The highest BCUT2D eigenvalue weighted by Crippen LogP contribution is 2.24. The third-order valence-electron chi connectivity index (χ3n) is 4.03. The molecular formula is C18H30N2O. The molecule has 21 heavy (non-hydrogen) atoms. The summed E-state index contributed by atoms with van der Waals surface area (Å²) in [6.07, 6.45) is 1.44. The standard InChI is InChI=1S/C18H30N2O/c1-6-16-13-21-14(2)12-20(16)17-9-7-15(8-10-17)11-19-18(3,4)5/h7-10,14,16,19H,6,11-13H2,1-5H3. The quantitative estimate of drug-likeness (QED) is 0.917. The normalized spacial score (nSPS) is 23.4. The Hall–Kier alpha value is -1.06. The van der Waals surface area contributed by atoms with Crippen LogP contribution in [0.1, 0.15) is 46.6 Å². The van der Waals surface area contributed by atoms with Gasteiger partial charge in [-0.05, 0) is 51.8 Å². The SMILES string of the molecule is CCC1COC(C)CN1c1ccc(CNC(C)(C)C)cc1. The predicted octanol–water partition coefficient (Wildman–Crippen LogP) is 3.58. The lowest BCUT2D eigenvalue weighted by Crippen LogP contribution is -2.48. The minimum atomic E-state index is 0.158. The van der Waals surface area contributed by atoms with Crippen molar-refractivity contribution in [3.8, 4) is 0 Å². The van der Waals surface area contributed by atoms with Crippen LogP contribution in [0.2, 0.25) is 0 Å². The fourth-order valence-electron chi connectivity index (χ4n) is 2.67. The second-order valence-corrected chi connectivity index (χ2v) is 7.13. The van der Waals surface area contributed by atoms with Crippen molar-refractivity contribution in [2.24, 2.45) is 0 Å². The molecule has 2 rings (SSSR count). The average molecular weight is 290 g/mol. The van der Waals surface area contributed by atoms with Crippen LogP contribution in [0, 0.1) is 0 Å². The Balaban J connectivity index is 2.03. The zero-order valence-corrected chi connectivity index (χ0v) is 14.1. The highest BCUT2D eigenvalue weighted by Gasteiger charge is 2.25. The molecule has 1 aromatic rings. The summed E-state index contributed by atoms with van der Waals surface area (Å²) in [6, 6.07) is 9.47. The molecule has 1 aliphatic rings. The maximum Gasteiger partial charge on any atom is 0.0723 e. The Morgan fingerprint density at radius 1 is 1.24 bits per heavy atom. The van der Waals surface area contributed by atoms with Gasteiger partial charge in [0, 0.05) is 24.3 Å². The molecule has 1 fully saturated rings. The topological polar surface area (TPSA) is 24.5 Å². The zero-order valence-electron chi connectivity index (χ0n) is 14.1. The molecular weight excluding hydrogens is 260 g/mol. The smallest absolute Gasteiger partial charge is 0.0723 e. The van der Waals surface area contributed by atoms with Gasteiger partial charge in [0.2, 0.25) is 0 Å². The predicted molar refractivity (Wildman–Crippen MR) is 89.9 cm³/mol. The van der Waals surface area contributed by atoms with Crippen LogP contribution in [0.4, 0.5) is 5.69 Å². The first-order valence-corrected chi connectivity index (χ1v) is 8.11. The molecule has 1 N–H and O–H groups in total. The fourth-order valence-corrected chi connectivity index (χ4v) is 2.67. The Morgan fingerprint density at radius 2 is 1.90 bits per heavy atom. The van der Waals surface area contributed by atoms with Crippen molar-refractivity contribution in [1.29, 1.82) is 0 Å². The van der Waals surface area contributed by atoms with E-state index in [1.54, 1.807) is 0 Å². The van der Waals surface area contributed by atoms with Gasteiger partial charge in [-0.1, -0.05) is 19.1 Å². The van der Waals surface area contributed by atoms with Crippen LogP contribution in [-0.2, 0) is 11.3 Å². The molecule has 0 saturated carbocycles. The largest absolute Gasteiger partial charge is 0.375 e. The van der Waals surface area contributed by atoms with E-state index in [9.17, 15) is 0 Å². The van der Waals surface area contributed by atoms with E-state index < -0.39 is 0 Å². The summed E-state index contributed by atoms with van der Waals surface area (Å²) in [6.45, 7) is 13.7. The maximum absolute atomic E-state index is 5.78. The van der Waals surface area contributed by atoms with Gasteiger partial charge in [0.1, 0.15) is 0 Å². The average Bonchev–Trinajstić information content (AvgIpc) is 2.45. The van der Waals surface area contributed by atoms with E-state index in [1.165, 1.54) is 11.3 Å². The molecule has 0 radical (unpaired) electrons. The van der Waals surface area contributed by atoms with E-state index in [0.717, 1.165) is 26.1 Å². The van der Waals surface area contributed by atoms with E-state index in [4.69, 9.17) is 4.74 Å². The molecule has 0 spiro atoms. The van der Waals surface area contributed by atoms with Crippen LogP contribution in [0.5, 0.6) is 0 Å². The Labute approximate surface area is 129 Å². The van der Waals surface area contributed by atoms with Gasteiger partial charge in [-0.25, -0.2) is 0 Å². The van der Waals surface area contributed by atoms with Crippen molar-refractivity contribution in [2.45, 2.75) is 65.3 Å². The van der Waals surface area contributed by atoms with E-state index >= 15 is 0 Å². The van der Waals surface area contributed by atoms with Crippen molar-refractivity contribution >= 4 is 5.69 Å². The van der Waals surface area contributed by atoms with Crippen molar-refractivity contribution in [3.63, 3.8) is 0 Å². The van der Waals surface area contributed by atoms with Crippen molar-refractivity contribution < 1.29 is 4.74 Å². The van der Waals surface area contributed by atoms with Crippen molar-refractivity contribution in [3.05, 3.63) is 29.8 Å². The molecule has 1 aromatic carbocycles. The van der Waals surface area contributed by atoms with Crippen LogP contribution < -0.4 is 10.2 Å². The fraction of sp³-hybridized carbons (Fsp3) is 0.667. The highest BCUT2D eigenvalue weighted by molar-refractivity contribution is 5.49. The number of morpholine rings is 1. The number of benzene rings is 1. The number of hydrogen-bond acceptors (Lipinski definition) is 3. The molecule has 1 saturated heterocycles. The first kappa shape index (κ1) is 16.3.